The van der Waals surface area contributed by atoms with E-state index in [1.807, 2.05) is 19.1 Å². The van der Waals surface area contributed by atoms with Gasteiger partial charge in [0.1, 0.15) is 0 Å². The Bertz CT molecular complexity index is 788. The molecule has 1 atom stereocenters. The van der Waals surface area contributed by atoms with Crippen molar-refractivity contribution in [1.82, 2.24) is 5.32 Å². The van der Waals surface area contributed by atoms with E-state index in [1.165, 1.54) is 19.1 Å². The number of halogens is 1. The molecule has 26 heavy (non-hydrogen) atoms. The Morgan fingerprint density at radius 2 is 1.65 bits per heavy atom. The van der Waals surface area contributed by atoms with Crippen molar-refractivity contribution in [2.45, 2.75) is 19.9 Å². The molecule has 7 heteroatoms. The van der Waals surface area contributed by atoms with Gasteiger partial charge in [0, 0.05) is 17.6 Å². The van der Waals surface area contributed by atoms with Gasteiger partial charge in [0.05, 0.1) is 11.6 Å². The maximum Gasteiger partial charge on any atom is 0.338 e. The van der Waals surface area contributed by atoms with Gasteiger partial charge in [-0.05, 0) is 48.9 Å². The maximum atomic E-state index is 12.0. The van der Waals surface area contributed by atoms with Crippen LogP contribution in [0.2, 0.25) is 5.02 Å². The quantitative estimate of drug-likeness (QED) is 0.759. The van der Waals surface area contributed by atoms with Crippen molar-refractivity contribution in [3.05, 3.63) is 64.7 Å². The van der Waals surface area contributed by atoms with Gasteiger partial charge >= 0.3 is 5.97 Å². The fourth-order valence-electron chi connectivity index (χ4n) is 2.23. The first-order valence-electron chi connectivity index (χ1n) is 7.95. The first-order valence-corrected chi connectivity index (χ1v) is 8.32. The predicted octanol–water partition coefficient (Wildman–Crippen LogP) is 3.33. The molecule has 0 bridgehead atoms. The second-order valence-electron chi connectivity index (χ2n) is 5.68. The molecule has 0 aromatic heterocycles. The number of carbonyl (C=O) groups is 3. The maximum absolute atomic E-state index is 12.0. The van der Waals surface area contributed by atoms with Gasteiger partial charge in [0.2, 0.25) is 5.91 Å². The molecule has 0 heterocycles. The Kier molecular flexibility index (Phi) is 6.74. The molecule has 6 nitrogen and oxygen atoms in total. The van der Waals surface area contributed by atoms with E-state index in [0.29, 0.717) is 10.7 Å². The number of esters is 1. The van der Waals surface area contributed by atoms with Gasteiger partial charge in [0.25, 0.3) is 5.91 Å². The average molecular weight is 375 g/mol. The minimum atomic E-state index is -0.617. The molecule has 2 aromatic rings. The van der Waals surface area contributed by atoms with Crippen LogP contribution in [0.15, 0.2) is 48.5 Å². The lowest BCUT2D eigenvalue weighted by Crippen LogP contribution is -2.31. The number of benzene rings is 2. The van der Waals surface area contributed by atoms with Crippen LogP contribution in [0.25, 0.3) is 0 Å². The number of carbonyl (C=O) groups excluding carboxylic acids is 3. The van der Waals surface area contributed by atoms with Crippen LogP contribution in [0.1, 0.15) is 35.8 Å². The number of amides is 2. The van der Waals surface area contributed by atoms with E-state index in [4.69, 9.17) is 16.3 Å². The van der Waals surface area contributed by atoms with Crippen molar-refractivity contribution in [3.8, 4) is 0 Å². The van der Waals surface area contributed by atoms with Gasteiger partial charge in [-0.1, -0.05) is 23.7 Å². The molecule has 2 amide bonds. The number of hydrogen-bond acceptors (Lipinski definition) is 4. The van der Waals surface area contributed by atoms with Gasteiger partial charge in [-0.2, -0.15) is 0 Å². The standard InChI is InChI=1S/C19H19ClN2O4/c1-12(14-3-7-16(20)8-4-14)21-18(24)11-26-19(25)15-5-9-17(10-6-15)22-13(2)23/h3-10,12H,11H2,1-2H3,(H,21,24)(H,22,23)/t12-/m0/s1. The van der Waals surface area contributed by atoms with Crippen molar-refractivity contribution in [3.63, 3.8) is 0 Å². The Morgan fingerprint density at radius 1 is 1.04 bits per heavy atom. The van der Waals surface area contributed by atoms with Gasteiger partial charge in [-0.25, -0.2) is 4.79 Å². The third-order valence-corrected chi connectivity index (χ3v) is 3.77. The Morgan fingerprint density at radius 3 is 2.23 bits per heavy atom. The molecule has 0 aliphatic rings. The molecule has 0 aliphatic carbocycles. The van der Waals surface area contributed by atoms with Crippen molar-refractivity contribution in [2.24, 2.45) is 0 Å². The smallest absolute Gasteiger partial charge is 0.338 e. The molecule has 0 radical (unpaired) electrons. The molecular weight excluding hydrogens is 356 g/mol. The summed E-state index contributed by atoms with van der Waals surface area (Å²) in [4.78, 5) is 34.9. The SMILES string of the molecule is CC(=O)Nc1ccc(C(=O)OCC(=O)N[C@@H](C)c2ccc(Cl)cc2)cc1. The van der Waals surface area contributed by atoms with Crippen LogP contribution in [0.5, 0.6) is 0 Å². The summed E-state index contributed by atoms with van der Waals surface area (Å²) in [5, 5.41) is 5.96. The van der Waals surface area contributed by atoms with Gasteiger partial charge in [-0.15, -0.1) is 0 Å². The van der Waals surface area contributed by atoms with E-state index in [1.54, 1.807) is 24.3 Å². The highest BCUT2D eigenvalue weighted by Crippen LogP contribution is 2.16. The van der Waals surface area contributed by atoms with Gasteiger partial charge in [-0.3, -0.25) is 9.59 Å². The first-order chi connectivity index (χ1) is 12.3. The van der Waals surface area contributed by atoms with Crippen LogP contribution in [0, 0.1) is 0 Å². The van der Waals surface area contributed by atoms with Crippen molar-refractivity contribution in [1.29, 1.82) is 0 Å². The Hall–Kier alpha value is -2.86. The van der Waals surface area contributed by atoms with Crippen LogP contribution in [0.3, 0.4) is 0 Å². The Labute approximate surface area is 156 Å². The summed E-state index contributed by atoms with van der Waals surface area (Å²) in [5.74, 6) is -1.23. The van der Waals surface area contributed by atoms with E-state index >= 15 is 0 Å². The van der Waals surface area contributed by atoms with Crippen molar-refractivity contribution >= 4 is 35.1 Å². The summed E-state index contributed by atoms with van der Waals surface area (Å²) >= 11 is 5.83. The molecule has 0 spiro atoms. The van der Waals surface area contributed by atoms with Crippen molar-refractivity contribution < 1.29 is 19.1 Å². The monoisotopic (exact) mass is 374 g/mol. The summed E-state index contributed by atoms with van der Waals surface area (Å²) in [7, 11) is 0. The lowest BCUT2D eigenvalue weighted by molar-refractivity contribution is -0.124. The highest BCUT2D eigenvalue weighted by atomic mass is 35.5. The van der Waals surface area contributed by atoms with E-state index in [-0.39, 0.29) is 24.1 Å². The van der Waals surface area contributed by atoms with Crippen LogP contribution >= 0.6 is 11.6 Å². The van der Waals surface area contributed by atoms with Crippen LogP contribution in [-0.2, 0) is 14.3 Å². The second kappa shape index (κ2) is 9.01. The molecule has 2 aromatic carbocycles. The third-order valence-electron chi connectivity index (χ3n) is 3.52. The summed E-state index contributed by atoms with van der Waals surface area (Å²) in [6, 6.07) is 13.1. The summed E-state index contributed by atoms with van der Waals surface area (Å²) in [5.41, 5.74) is 1.75. The number of rotatable bonds is 6. The minimum absolute atomic E-state index is 0.202. The van der Waals surface area contributed by atoms with Crippen molar-refractivity contribution in [2.75, 3.05) is 11.9 Å². The fraction of sp³-hybridized carbons (Fsp3) is 0.211. The number of anilines is 1. The fourth-order valence-corrected chi connectivity index (χ4v) is 2.35. The van der Waals surface area contributed by atoms with E-state index < -0.39 is 11.9 Å². The molecule has 2 N–H and O–H groups in total. The zero-order valence-electron chi connectivity index (χ0n) is 14.4. The van der Waals surface area contributed by atoms with Crippen LogP contribution < -0.4 is 10.6 Å². The summed E-state index contributed by atoms with van der Waals surface area (Å²) < 4.78 is 5.01. The largest absolute Gasteiger partial charge is 0.452 e. The minimum Gasteiger partial charge on any atom is -0.452 e. The van der Waals surface area contributed by atoms with Gasteiger partial charge < -0.3 is 15.4 Å². The van der Waals surface area contributed by atoms with E-state index in [9.17, 15) is 14.4 Å². The first kappa shape index (κ1) is 19.5. The highest BCUT2D eigenvalue weighted by Gasteiger charge is 2.13. The predicted molar refractivity (Wildman–Crippen MR) is 99.0 cm³/mol. The zero-order valence-corrected chi connectivity index (χ0v) is 15.2. The number of hydrogen-bond donors (Lipinski definition) is 2. The molecule has 0 saturated heterocycles. The Balaban J connectivity index is 1.83. The van der Waals surface area contributed by atoms with Gasteiger partial charge in [0.15, 0.2) is 6.61 Å². The lowest BCUT2D eigenvalue weighted by Gasteiger charge is -2.14. The second-order valence-corrected chi connectivity index (χ2v) is 6.11. The molecule has 2 rings (SSSR count). The van der Waals surface area contributed by atoms with E-state index in [2.05, 4.69) is 10.6 Å². The molecular formula is C19H19ClN2O4. The lowest BCUT2D eigenvalue weighted by atomic mass is 10.1. The number of nitrogens with one attached hydrogen (secondary N) is 2. The normalized spacial score (nSPS) is 11.3. The summed E-state index contributed by atoms with van der Waals surface area (Å²) in [6.07, 6.45) is 0. The molecule has 0 unspecified atom stereocenters. The summed E-state index contributed by atoms with van der Waals surface area (Å²) in [6.45, 7) is 2.83. The molecule has 0 saturated carbocycles. The highest BCUT2D eigenvalue weighted by molar-refractivity contribution is 6.30. The average Bonchev–Trinajstić information content (AvgIpc) is 2.60. The van der Waals surface area contributed by atoms with E-state index in [0.717, 1.165) is 5.56 Å². The zero-order chi connectivity index (χ0) is 19.1. The number of ether oxygens (including phenoxy) is 1. The molecule has 136 valence electrons. The molecule has 0 aliphatic heterocycles. The topological polar surface area (TPSA) is 84.5 Å². The van der Waals surface area contributed by atoms with Crippen LogP contribution in [-0.4, -0.2) is 24.4 Å². The molecule has 0 fully saturated rings. The van der Waals surface area contributed by atoms with Crippen LogP contribution in [0.4, 0.5) is 5.69 Å². The third kappa shape index (κ3) is 5.89.